The quantitative estimate of drug-likeness (QED) is 0.520. The van der Waals surface area contributed by atoms with Crippen LogP contribution in [0.1, 0.15) is 38.6 Å². The largest absolute Gasteiger partial charge is 0.495 e. The van der Waals surface area contributed by atoms with Gasteiger partial charge in [0, 0.05) is 24.1 Å². The summed E-state index contributed by atoms with van der Waals surface area (Å²) in [6.45, 7) is 7.32. The number of carbonyl (C=O) groups excluding carboxylic acids is 2. The fraction of sp³-hybridized carbons (Fsp3) is 0.333. The van der Waals surface area contributed by atoms with E-state index in [1.165, 1.54) is 7.11 Å². The van der Waals surface area contributed by atoms with Gasteiger partial charge in [-0.15, -0.1) is 10.2 Å². The lowest BCUT2D eigenvalue weighted by Crippen LogP contribution is -2.27. The van der Waals surface area contributed by atoms with Crippen molar-refractivity contribution in [1.82, 2.24) is 10.2 Å². The van der Waals surface area contributed by atoms with E-state index in [9.17, 15) is 9.59 Å². The SMILES string of the molecule is COc1ccc(NC(=O)CCc2nnc(-c3ccc(C)cc3)o2)cc1NC(=O)OC(C)(C)C. The molecule has 0 aliphatic carbocycles. The molecule has 9 nitrogen and oxygen atoms in total. The zero-order valence-electron chi connectivity index (χ0n) is 19.4. The van der Waals surface area contributed by atoms with Gasteiger partial charge in [0.25, 0.3) is 0 Å². The molecule has 0 aliphatic heterocycles. The van der Waals surface area contributed by atoms with Crippen LogP contribution >= 0.6 is 0 Å². The number of nitrogens with zero attached hydrogens (tertiary/aromatic N) is 2. The Balaban J connectivity index is 1.59. The van der Waals surface area contributed by atoms with Crippen molar-refractivity contribution in [3.63, 3.8) is 0 Å². The Morgan fingerprint density at radius 2 is 1.76 bits per heavy atom. The predicted molar refractivity (Wildman–Crippen MR) is 124 cm³/mol. The van der Waals surface area contributed by atoms with E-state index in [2.05, 4.69) is 20.8 Å². The van der Waals surface area contributed by atoms with Gasteiger partial charge in [0.2, 0.25) is 17.7 Å². The number of carbonyl (C=O) groups is 2. The van der Waals surface area contributed by atoms with Gasteiger partial charge in [-0.2, -0.15) is 0 Å². The number of methoxy groups -OCH3 is 1. The van der Waals surface area contributed by atoms with Crippen molar-refractivity contribution in [2.75, 3.05) is 17.7 Å². The summed E-state index contributed by atoms with van der Waals surface area (Å²) in [6, 6.07) is 12.7. The summed E-state index contributed by atoms with van der Waals surface area (Å²) in [7, 11) is 1.49. The van der Waals surface area contributed by atoms with Gasteiger partial charge in [0.05, 0.1) is 12.8 Å². The van der Waals surface area contributed by atoms with Crippen LogP contribution in [0, 0.1) is 6.92 Å². The molecule has 9 heteroatoms. The lowest BCUT2D eigenvalue weighted by Gasteiger charge is -2.20. The van der Waals surface area contributed by atoms with E-state index in [1.807, 2.05) is 31.2 Å². The number of hydrogen-bond donors (Lipinski definition) is 2. The van der Waals surface area contributed by atoms with Crippen LogP contribution in [-0.2, 0) is 16.0 Å². The third-order valence-corrected chi connectivity index (χ3v) is 4.45. The lowest BCUT2D eigenvalue weighted by atomic mass is 10.1. The Kier molecular flexibility index (Phi) is 7.32. The van der Waals surface area contributed by atoms with E-state index in [4.69, 9.17) is 13.9 Å². The number of aromatic nitrogens is 2. The normalized spacial score (nSPS) is 11.1. The molecule has 0 atom stereocenters. The molecule has 0 fully saturated rings. The van der Waals surface area contributed by atoms with Crippen LogP contribution in [0.4, 0.5) is 16.2 Å². The number of anilines is 2. The Hall–Kier alpha value is -3.88. The topological polar surface area (TPSA) is 116 Å². The number of aryl methyl sites for hydroxylation is 2. The fourth-order valence-corrected chi connectivity index (χ4v) is 2.91. The van der Waals surface area contributed by atoms with Crippen molar-refractivity contribution >= 4 is 23.4 Å². The minimum atomic E-state index is -0.642. The zero-order valence-corrected chi connectivity index (χ0v) is 19.4. The number of benzene rings is 2. The number of nitrogens with one attached hydrogen (secondary N) is 2. The van der Waals surface area contributed by atoms with E-state index in [0.29, 0.717) is 35.3 Å². The van der Waals surface area contributed by atoms with Gasteiger partial charge in [0.15, 0.2) is 0 Å². The Morgan fingerprint density at radius 3 is 2.42 bits per heavy atom. The second kappa shape index (κ2) is 10.2. The van der Waals surface area contributed by atoms with Crippen molar-refractivity contribution in [2.24, 2.45) is 0 Å². The second-order valence-electron chi connectivity index (χ2n) is 8.46. The standard InChI is InChI=1S/C24H28N4O5/c1-15-6-8-16(9-7-15)22-28-27-21(32-22)13-12-20(29)25-17-10-11-19(31-5)18(14-17)26-23(30)33-24(2,3)4/h6-11,14H,12-13H2,1-5H3,(H,25,29)(H,26,30). The molecule has 0 unspecified atom stereocenters. The van der Waals surface area contributed by atoms with Crippen LogP contribution < -0.4 is 15.4 Å². The van der Waals surface area contributed by atoms with Crippen molar-refractivity contribution in [3.05, 3.63) is 53.9 Å². The Bertz CT molecular complexity index is 1120. The van der Waals surface area contributed by atoms with Gasteiger partial charge in [-0.1, -0.05) is 17.7 Å². The molecule has 3 aromatic rings. The highest BCUT2D eigenvalue weighted by Crippen LogP contribution is 2.28. The predicted octanol–water partition coefficient (Wildman–Crippen LogP) is 4.97. The van der Waals surface area contributed by atoms with Crippen molar-refractivity contribution in [3.8, 4) is 17.2 Å². The molecule has 33 heavy (non-hydrogen) atoms. The smallest absolute Gasteiger partial charge is 0.412 e. The van der Waals surface area contributed by atoms with Gasteiger partial charge < -0.3 is 19.2 Å². The molecule has 2 N–H and O–H groups in total. The first-order valence-corrected chi connectivity index (χ1v) is 10.5. The molecule has 3 rings (SSSR count). The van der Waals surface area contributed by atoms with Crippen LogP contribution in [0.3, 0.4) is 0 Å². The van der Waals surface area contributed by atoms with Crippen LogP contribution in [-0.4, -0.2) is 34.9 Å². The molecule has 0 saturated carbocycles. The molecular formula is C24H28N4O5. The van der Waals surface area contributed by atoms with E-state index in [1.54, 1.807) is 39.0 Å². The number of hydrogen-bond acceptors (Lipinski definition) is 7. The van der Waals surface area contributed by atoms with Gasteiger partial charge in [-0.3, -0.25) is 10.1 Å². The van der Waals surface area contributed by atoms with Gasteiger partial charge in [0.1, 0.15) is 11.4 Å². The molecule has 0 radical (unpaired) electrons. The van der Waals surface area contributed by atoms with Crippen molar-refractivity contribution < 1.29 is 23.5 Å². The Labute approximate surface area is 192 Å². The lowest BCUT2D eigenvalue weighted by molar-refractivity contribution is -0.116. The maximum absolute atomic E-state index is 12.4. The van der Waals surface area contributed by atoms with E-state index in [0.717, 1.165) is 11.1 Å². The third kappa shape index (κ3) is 7.06. The molecule has 2 aromatic carbocycles. The molecule has 2 amide bonds. The second-order valence-corrected chi connectivity index (χ2v) is 8.46. The summed E-state index contributed by atoms with van der Waals surface area (Å²) in [6.07, 6.45) is -0.176. The van der Waals surface area contributed by atoms with Gasteiger partial charge in [-0.25, -0.2) is 4.79 Å². The summed E-state index contributed by atoms with van der Waals surface area (Å²) in [5, 5.41) is 13.5. The van der Waals surface area contributed by atoms with Gasteiger partial charge in [-0.05, 0) is 58.0 Å². The first-order valence-electron chi connectivity index (χ1n) is 10.5. The Morgan fingerprint density at radius 1 is 1.03 bits per heavy atom. The summed E-state index contributed by atoms with van der Waals surface area (Å²) < 4.78 is 16.2. The highest BCUT2D eigenvalue weighted by atomic mass is 16.6. The number of amides is 2. The van der Waals surface area contributed by atoms with Crippen LogP contribution in [0.25, 0.3) is 11.5 Å². The fourth-order valence-electron chi connectivity index (χ4n) is 2.91. The summed E-state index contributed by atoms with van der Waals surface area (Å²) in [5.41, 5.74) is 2.20. The highest BCUT2D eigenvalue weighted by molar-refractivity contribution is 5.93. The maximum atomic E-state index is 12.4. The molecule has 0 bridgehead atoms. The summed E-state index contributed by atoms with van der Waals surface area (Å²) in [4.78, 5) is 24.5. The first-order chi connectivity index (χ1) is 15.6. The zero-order chi connectivity index (χ0) is 24.0. The summed E-state index contributed by atoms with van der Waals surface area (Å²) in [5.74, 6) is 0.994. The van der Waals surface area contributed by atoms with Gasteiger partial charge >= 0.3 is 6.09 Å². The van der Waals surface area contributed by atoms with Crippen LogP contribution in [0.2, 0.25) is 0 Å². The van der Waals surface area contributed by atoms with Crippen LogP contribution in [0.5, 0.6) is 5.75 Å². The number of ether oxygens (including phenoxy) is 2. The molecule has 1 aromatic heterocycles. The molecule has 0 saturated heterocycles. The average Bonchev–Trinajstić information content (AvgIpc) is 3.21. The third-order valence-electron chi connectivity index (χ3n) is 4.45. The molecule has 174 valence electrons. The maximum Gasteiger partial charge on any atom is 0.412 e. The van der Waals surface area contributed by atoms with Crippen molar-refractivity contribution in [1.29, 1.82) is 0 Å². The molecule has 1 heterocycles. The number of rotatable bonds is 7. The minimum Gasteiger partial charge on any atom is -0.495 e. The van der Waals surface area contributed by atoms with E-state index in [-0.39, 0.29) is 12.3 Å². The summed E-state index contributed by atoms with van der Waals surface area (Å²) >= 11 is 0. The molecule has 0 aliphatic rings. The highest BCUT2D eigenvalue weighted by Gasteiger charge is 2.18. The molecular weight excluding hydrogens is 424 g/mol. The van der Waals surface area contributed by atoms with E-state index >= 15 is 0 Å². The monoisotopic (exact) mass is 452 g/mol. The van der Waals surface area contributed by atoms with E-state index < -0.39 is 11.7 Å². The minimum absolute atomic E-state index is 0.149. The first kappa shape index (κ1) is 23.8. The molecule has 0 spiro atoms. The van der Waals surface area contributed by atoms with Crippen molar-refractivity contribution in [2.45, 2.75) is 46.1 Å². The van der Waals surface area contributed by atoms with Crippen LogP contribution in [0.15, 0.2) is 46.9 Å². The average molecular weight is 453 g/mol.